The lowest BCUT2D eigenvalue weighted by Gasteiger charge is -2.36. The van der Waals surface area contributed by atoms with E-state index in [9.17, 15) is 4.39 Å². The van der Waals surface area contributed by atoms with Gasteiger partial charge in [0.1, 0.15) is 5.82 Å². The van der Waals surface area contributed by atoms with Crippen LogP contribution in [0.1, 0.15) is 19.7 Å². The van der Waals surface area contributed by atoms with Crippen molar-refractivity contribution in [2.75, 3.05) is 12.3 Å². The van der Waals surface area contributed by atoms with Gasteiger partial charge in [0.05, 0.1) is 12.7 Å². The van der Waals surface area contributed by atoms with Crippen LogP contribution in [-0.2, 0) is 6.54 Å². The molecule has 3 nitrogen and oxygen atoms in total. The van der Waals surface area contributed by atoms with Crippen LogP contribution in [0.2, 0.25) is 0 Å². The highest BCUT2D eigenvalue weighted by Gasteiger charge is 2.26. The third kappa shape index (κ3) is 3.30. The van der Waals surface area contributed by atoms with Gasteiger partial charge in [-0.1, -0.05) is 6.92 Å². The summed E-state index contributed by atoms with van der Waals surface area (Å²) in [5.41, 5.74) is 0.853. The zero-order valence-electron chi connectivity index (χ0n) is 12.3. The maximum absolute atomic E-state index is 12.9. The molecule has 0 saturated carbocycles. The maximum Gasteiger partial charge on any atom is 0.209 e. The Morgan fingerprint density at radius 1 is 1.33 bits per heavy atom. The summed E-state index contributed by atoms with van der Waals surface area (Å²) in [6.45, 7) is 6.30. The summed E-state index contributed by atoms with van der Waals surface area (Å²) in [5.74, 6) is 2.32. The summed E-state index contributed by atoms with van der Waals surface area (Å²) in [6.07, 6.45) is 1.72. The number of hydrogen-bond acceptors (Lipinski definition) is 4. The van der Waals surface area contributed by atoms with Crippen molar-refractivity contribution in [3.63, 3.8) is 0 Å². The molecule has 1 saturated heterocycles. The van der Waals surface area contributed by atoms with Gasteiger partial charge in [-0.2, -0.15) is 11.8 Å². The summed E-state index contributed by atoms with van der Waals surface area (Å²) in [6, 6.07) is 6.81. The lowest BCUT2D eigenvalue weighted by molar-refractivity contribution is 0.186. The van der Waals surface area contributed by atoms with E-state index in [1.54, 1.807) is 18.3 Å². The highest BCUT2D eigenvalue weighted by molar-refractivity contribution is 8.00. The monoisotopic (exact) mass is 306 g/mol. The molecule has 3 rings (SSSR count). The molecule has 2 atom stereocenters. The first-order valence-electron chi connectivity index (χ1n) is 7.20. The van der Waals surface area contributed by atoms with Gasteiger partial charge in [-0.15, -0.1) is 0 Å². The molecule has 21 heavy (non-hydrogen) atoms. The summed E-state index contributed by atoms with van der Waals surface area (Å²) in [7, 11) is 0. The molecule has 0 bridgehead atoms. The lowest BCUT2D eigenvalue weighted by Crippen LogP contribution is -2.43. The van der Waals surface area contributed by atoms with E-state index in [-0.39, 0.29) is 5.82 Å². The summed E-state index contributed by atoms with van der Waals surface area (Å²) >= 11 is 2.02. The van der Waals surface area contributed by atoms with Crippen LogP contribution >= 0.6 is 11.8 Å². The molecule has 1 aromatic carbocycles. The molecule has 1 aliphatic rings. The van der Waals surface area contributed by atoms with Crippen LogP contribution in [0.3, 0.4) is 0 Å². The van der Waals surface area contributed by atoms with Gasteiger partial charge in [-0.25, -0.2) is 9.37 Å². The number of benzene rings is 1. The minimum absolute atomic E-state index is 0.243. The SMILES string of the molecule is CC1SCCN(Cc2ncc(-c3ccc(F)cc3)o2)C1C. The predicted molar refractivity (Wildman–Crippen MR) is 83.7 cm³/mol. The largest absolute Gasteiger partial charge is 0.439 e. The Hall–Kier alpha value is -1.33. The molecule has 1 aromatic heterocycles. The number of aromatic nitrogens is 1. The fourth-order valence-corrected chi connectivity index (χ4v) is 3.69. The Kier molecular flexibility index (Phi) is 4.31. The van der Waals surface area contributed by atoms with Crippen LogP contribution < -0.4 is 0 Å². The van der Waals surface area contributed by atoms with Gasteiger partial charge in [0, 0.05) is 29.2 Å². The second-order valence-corrected chi connectivity index (χ2v) is 6.90. The highest BCUT2D eigenvalue weighted by atomic mass is 32.2. The molecule has 0 radical (unpaired) electrons. The van der Waals surface area contributed by atoms with Crippen molar-refractivity contribution in [1.82, 2.24) is 9.88 Å². The van der Waals surface area contributed by atoms with Gasteiger partial charge in [-0.05, 0) is 31.2 Å². The molecule has 1 aliphatic heterocycles. The number of halogens is 1. The van der Waals surface area contributed by atoms with E-state index in [1.165, 1.54) is 12.1 Å². The fraction of sp³-hybridized carbons (Fsp3) is 0.438. The molecule has 2 unspecified atom stereocenters. The standard InChI is InChI=1S/C16H19FN2OS/c1-11-12(2)21-8-7-19(11)10-16-18-9-15(20-16)13-3-5-14(17)6-4-13/h3-6,9,11-12H,7-8,10H2,1-2H3. The Morgan fingerprint density at radius 2 is 2.10 bits per heavy atom. The normalized spacial score (nSPS) is 23.4. The van der Waals surface area contributed by atoms with Crippen molar-refractivity contribution in [1.29, 1.82) is 0 Å². The minimum atomic E-state index is -0.243. The topological polar surface area (TPSA) is 29.3 Å². The highest BCUT2D eigenvalue weighted by Crippen LogP contribution is 2.26. The molecular weight excluding hydrogens is 287 g/mol. The maximum atomic E-state index is 12.9. The first kappa shape index (κ1) is 14.6. The molecular formula is C16H19FN2OS. The van der Waals surface area contributed by atoms with E-state index < -0.39 is 0 Å². The van der Waals surface area contributed by atoms with Crippen LogP contribution in [0, 0.1) is 5.82 Å². The smallest absolute Gasteiger partial charge is 0.209 e. The quantitative estimate of drug-likeness (QED) is 0.862. The second-order valence-electron chi connectivity index (χ2n) is 5.41. The van der Waals surface area contributed by atoms with Gasteiger partial charge >= 0.3 is 0 Å². The van der Waals surface area contributed by atoms with Crippen LogP contribution in [0.15, 0.2) is 34.9 Å². The van der Waals surface area contributed by atoms with Gasteiger partial charge in [0.15, 0.2) is 5.76 Å². The molecule has 0 N–H and O–H groups in total. The van der Waals surface area contributed by atoms with E-state index in [2.05, 4.69) is 23.7 Å². The van der Waals surface area contributed by atoms with E-state index in [4.69, 9.17) is 4.42 Å². The Balaban J connectivity index is 1.71. The molecule has 1 fully saturated rings. The number of hydrogen-bond donors (Lipinski definition) is 0. The van der Waals surface area contributed by atoms with Gasteiger partial charge in [-0.3, -0.25) is 4.90 Å². The Morgan fingerprint density at radius 3 is 2.86 bits per heavy atom. The van der Waals surface area contributed by atoms with Crippen molar-refractivity contribution in [2.24, 2.45) is 0 Å². The number of oxazole rings is 1. The molecule has 0 aliphatic carbocycles. The number of nitrogens with zero attached hydrogens (tertiary/aromatic N) is 2. The van der Waals surface area contributed by atoms with Crippen LogP contribution in [-0.4, -0.2) is 33.5 Å². The zero-order valence-corrected chi connectivity index (χ0v) is 13.1. The van der Waals surface area contributed by atoms with Gasteiger partial charge < -0.3 is 4.42 Å². The molecule has 112 valence electrons. The van der Waals surface area contributed by atoms with Crippen LogP contribution in [0.5, 0.6) is 0 Å². The van der Waals surface area contributed by atoms with Gasteiger partial charge in [0.25, 0.3) is 0 Å². The van der Waals surface area contributed by atoms with Crippen molar-refractivity contribution in [3.05, 3.63) is 42.2 Å². The third-order valence-electron chi connectivity index (χ3n) is 4.04. The lowest BCUT2D eigenvalue weighted by atomic mass is 10.2. The summed E-state index contributed by atoms with van der Waals surface area (Å²) < 4.78 is 18.8. The zero-order chi connectivity index (χ0) is 14.8. The summed E-state index contributed by atoms with van der Waals surface area (Å²) in [5, 5.41) is 0.630. The van der Waals surface area contributed by atoms with E-state index in [1.807, 2.05) is 11.8 Å². The van der Waals surface area contributed by atoms with Crippen molar-refractivity contribution < 1.29 is 8.81 Å². The van der Waals surface area contributed by atoms with Crippen molar-refractivity contribution in [2.45, 2.75) is 31.7 Å². The molecule has 0 amide bonds. The van der Waals surface area contributed by atoms with Crippen LogP contribution in [0.25, 0.3) is 11.3 Å². The first-order chi connectivity index (χ1) is 10.1. The second kappa shape index (κ2) is 6.20. The van der Waals surface area contributed by atoms with Crippen LogP contribution in [0.4, 0.5) is 4.39 Å². The van der Waals surface area contributed by atoms with E-state index in [0.29, 0.717) is 17.1 Å². The van der Waals surface area contributed by atoms with Crippen molar-refractivity contribution >= 4 is 11.8 Å². The van der Waals surface area contributed by atoms with E-state index >= 15 is 0 Å². The predicted octanol–water partition coefficient (Wildman–Crippen LogP) is 3.81. The average Bonchev–Trinajstić information content (AvgIpc) is 2.93. The fourth-order valence-electron chi connectivity index (χ4n) is 2.52. The average molecular weight is 306 g/mol. The Bertz CT molecular complexity index is 599. The van der Waals surface area contributed by atoms with Gasteiger partial charge in [0.2, 0.25) is 5.89 Å². The minimum Gasteiger partial charge on any atom is -0.439 e. The number of rotatable bonds is 3. The molecule has 0 spiro atoms. The molecule has 5 heteroatoms. The summed E-state index contributed by atoms with van der Waals surface area (Å²) in [4.78, 5) is 6.76. The first-order valence-corrected chi connectivity index (χ1v) is 8.24. The van der Waals surface area contributed by atoms with E-state index in [0.717, 1.165) is 30.3 Å². The Labute approximate surface area is 128 Å². The van der Waals surface area contributed by atoms with Crippen molar-refractivity contribution in [3.8, 4) is 11.3 Å². The third-order valence-corrected chi connectivity index (χ3v) is 5.37. The molecule has 2 heterocycles. The molecule has 2 aromatic rings. The number of thioether (sulfide) groups is 1.